The molecule has 2 rings (SSSR count). The van der Waals surface area contributed by atoms with Crippen molar-refractivity contribution in [3.8, 4) is 0 Å². The minimum Gasteiger partial charge on any atom is -0.466 e. The van der Waals surface area contributed by atoms with Crippen LogP contribution in [-0.4, -0.2) is 49.2 Å². The van der Waals surface area contributed by atoms with Crippen LogP contribution in [0.25, 0.3) is 6.08 Å². The van der Waals surface area contributed by atoms with Crippen LogP contribution in [0.3, 0.4) is 0 Å². The summed E-state index contributed by atoms with van der Waals surface area (Å²) in [7, 11) is 0. The number of benzene rings is 1. The Balaban J connectivity index is 1.97. The van der Waals surface area contributed by atoms with Crippen molar-refractivity contribution in [1.82, 2.24) is 4.90 Å². The van der Waals surface area contributed by atoms with E-state index in [-0.39, 0.29) is 24.4 Å². The van der Waals surface area contributed by atoms with Gasteiger partial charge in [-0.15, -0.1) is 0 Å². The lowest BCUT2D eigenvalue weighted by Gasteiger charge is -2.24. The largest absolute Gasteiger partial charge is 0.466 e. The molecular formula is C20H27NO4. The average Bonchev–Trinajstić information content (AvgIpc) is 3.11. The molecule has 0 bridgehead atoms. The van der Waals surface area contributed by atoms with Gasteiger partial charge in [-0.05, 0) is 38.3 Å². The molecule has 5 heteroatoms. The summed E-state index contributed by atoms with van der Waals surface area (Å²) in [5, 5.41) is 0. The number of carbonyl (C=O) groups excluding carboxylic acids is 2. The van der Waals surface area contributed by atoms with Gasteiger partial charge in [0.2, 0.25) is 5.91 Å². The minimum atomic E-state index is -0.282. The number of hydrogen-bond acceptors (Lipinski definition) is 4. The maximum Gasteiger partial charge on any atom is 0.307 e. The molecule has 1 amide bonds. The zero-order valence-electron chi connectivity index (χ0n) is 15.1. The Hall–Kier alpha value is -2.14. The summed E-state index contributed by atoms with van der Waals surface area (Å²) in [6.07, 6.45) is 5.58. The lowest BCUT2D eigenvalue weighted by molar-refractivity contribution is -0.144. The molecule has 136 valence electrons. The first kappa shape index (κ1) is 19.2. The van der Waals surface area contributed by atoms with Crippen LogP contribution < -0.4 is 0 Å². The molecule has 0 N–H and O–H groups in total. The predicted octanol–water partition coefficient (Wildman–Crippen LogP) is 2.97. The van der Waals surface area contributed by atoms with E-state index in [4.69, 9.17) is 9.47 Å². The monoisotopic (exact) mass is 345 g/mol. The maximum atomic E-state index is 12.6. The fourth-order valence-electron chi connectivity index (χ4n) is 2.74. The lowest BCUT2D eigenvalue weighted by Crippen LogP contribution is -2.38. The third-order valence-corrected chi connectivity index (χ3v) is 4.15. The van der Waals surface area contributed by atoms with E-state index >= 15 is 0 Å². The molecule has 0 aromatic heterocycles. The molecule has 1 unspecified atom stereocenters. The maximum absolute atomic E-state index is 12.6. The van der Waals surface area contributed by atoms with Crippen LogP contribution >= 0.6 is 0 Å². The minimum absolute atomic E-state index is 0.0546. The van der Waals surface area contributed by atoms with Crippen LogP contribution in [0.2, 0.25) is 0 Å². The van der Waals surface area contributed by atoms with E-state index in [1.54, 1.807) is 24.0 Å². The molecule has 25 heavy (non-hydrogen) atoms. The van der Waals surface area contributed by atoms with E-state index in [0.717, 1.165) is 25.0 Å². The molecule has 0 saturated carbocycles. The molecular weight excluding hydrogens is 318 g/mol. The van der Waals surface area contributed by atoms with Gasteiger partial charge in [-0.1, -0.05) is 29.8 Å². The van der Waals surface area contributed by atoms with E-state index in [0.29, 0.717) is 19.7 Å². The number of nitrogens with zero attached hydrogens (tertiary/aromatic N) is 1. The third kappa shape index (κ3) is 6.70. The first-order valence-electron chi connectivity index (χ1n) is 8.89. The summed E-state index contributed by atoms with van der Waals surface area (Å²) < 4.78 is 10.6. The van der Waals surface area contributed by atoms with Crippen LogP contribution in [-0.2, 0) is 19.1 Å². The van der Waals surface area contributed by atoms with Crippen LogP contribution in [0.4, 0.5) is 0 Å². The highest BCUT2D eigenvalue weighted by Crippen LogP contribution is 2.14. The average molecular weight is 345 g/mol. The topological polar surface area (TPSA) is 55.8 Å². The molecule has 0 spiro atoms. The van der Waals surface area contributed by atoms with Gasteiger partial charge in [0, 0.05) is 25.8 Å². The number of esters is 1. The van der Waals surface area contributed by atoms with Crippen molar-refractivity contribution in [1.29, 1.82) is 0 Å². The molecule has 1 atom stereocenters. The number of hydrogen-bond donors (Lipinski definition) is 0. The summed E-state index contributed by atoms with van der Waals surface area (Å²) in [5.41, 5.74) is 2.15. The second-order valence-corrected chi connectivity index (χ2v) is 6.22. The Kier molecular flexibility index (Phi) is 7.67. The van der Waals surface area contributed by atoms with Crippen molar-refractivity contribution >= 4 is 18.0 Å². The quantitative estimate of drug-likeness (QED) is 0.537. The van der Waals surface area contributed by atoms with E-state index in [1.165, 1.54) is 5.56 Å². The highest BCUT2D eigenvalue weighted by Gasteiger charge is 2.22. The Labute approximate surface area is 149 Å². The second-order valence-electron chi connectivity index (χ2n) is 6.22. The fraction of sp³-hybridized carbons (Fsp3) is 0.500. The van der Waals surface area contributed by atoms with Crippen LogP contribution in [0.5, 0.6) is 0 Å². The third-order valence-electron chi connectivity index (χ3n) is 4.15. The summed E-state index contributed by atoms with van der Waals surface area (Å²) in [4.78, 5) is 25.9. The summed E-state index contributed by atoms with van der Waals surface area (Å²) in [6.45, 7) is 5.75. The molecule has 1 heterocycles. The van der Waals surface area contributed by atoms with E-state index < -0.39 is 0 Å². The molecule has 1 aromatic rings. The SMILES string of the molecule is CCOC(=O)CCN(CC1CCCO1)C(=O)/C=C/c1ccc(C)cc1. The van der Waals surface area contributed by atoms with E-state index in [9.17, 15) is 9.59 Å². The van der Waals surface area contributed by atoms with Gasteiger partial charge in [-0.2, -0.15) is 0 Å². The van der Waals surface area contributed by atoms with Crippen molar-refractivity contribution in [2.24, 2.45) is 0 Å². The Bertz CT molecular complexity index is 588. The Morgan fingerprint density at radius 2 is 2.08 bits per heavy atom. The second kappa shape index (κ2) is 9.99. The van der Waals surface area contributed by atoms with E-state index in [1.807, 2.05) is 31.2 Å². The van der Waals surface area contributed by atoms with Gasteiger partial charge in [0.1, 0.15) is 0 Å². The molecule has 1 aromatic carbocycles. The molecule has 5 nitrogen and oxygen atoms in total. The molecule has 1 aliphatic rings. The van der Waals surface area contributed by atoms with Gasteiger partial charge in [-0.25, -0.2) is 0 Å². The number of rotatable bonds is 8. The number of ether oxygens (including phenoxy) is 2. The van der Waals surface area contributed by atoms with Crippen LogP contribution in [0.15, 0.2) is 30.3 Å². The smallest absolute Gasteiger partial charge is 0.307 e. The highest BCUT2D eigenvalue weighted by molar-refractivity contribution is 5.92. The van der Waals surface area contributed by atoms with Crippen molar-refractivity contribution in [2.75, 3.05) is 26.3 Å². The number of carbonyl (C=O) groups is 2. The molecule has 1 saturated heterocycles. The number of aryl methyl sites for hydroxylation is 1. The van der Waals surface area contributed by atoms with E-state index in [2.05, 4.69) is 0 Å². The van der Waals surface area contributed by atoms with Crippen molar-refractivity contribution in [3.63, 3.8) is 0 Å². The van der Waals surface area contributed by atoms with Gasteiger partial charge in [0.15, 0.2) is 0 Å². The van der Waals surface area contributed by atoms with Crippen LogP contribution in [0, 0.1) is 6.92 Å². The molecule has 0 aliphatic carbocycles. The van der Waals surface area contributed by atoms with Gasteiger partial charge in [0.05, 0.1) is 19.1 Å². The first-order chi connectivity index (χ1) is 12.1. The van der Waals surface area contributed by atoms with Crippen LogP contribution in [0.1, 0.15) is 37.3 Å². The first-order valence-corrected chi connectivity index (χ1v) is 8.89. The highest BCUT2D eigenvalue weighted by atomic mass is 16.5. The molecule has 0 radical (unpaired) electrons. The Morgan fingerprint density at radius 3 is 2.72 bits per heavy atom. The zero-order chi connectivity index (χ0) is 18.1. The van der Waals surface area contributed by atoms with Gasteiger partial charge < -0.3 is 14.4 Å². The fourth-order valence-corrected chi connectivity index (χ4v) is 2.74. The van der Waals surface area contributed by atoms with Crippen molar-refractivity contribution in [3.05, 3.63) is 41.5 Å². The summed E-state index contributed by atoms with van der Waals surface area (Å²) in [6, 6.07) is 7.97. The molecule has 1 aliphatic heterocycles. The standard InChI is InChI=1S/C20H27NO4/c1-3-24-20(23)12-13-21(15-18-5-4-14-25-18)19(22)11-10-17-8-6-16(2)7-9-17/h6-11,18H,3-5,12-15H2,1-2H3/b11-10+. The summed E-state index contributed by atoms with van der Waals surface area (Å²) in [5.74, 6) is -0.393. The summed E-state index contributed by atoms with van der Waals surface area (Å²) >= 11 is 0. The van der Waals surface area contributed by atoms with Crippen molar-refractivity contribution < 1.29 is 19.1 Å². The van der Waals surface area contributed by atoms with Gasteiger partial charge in [-0.3, -0.25) is 9.59 Å². The van der Waals surface area contributed by atoms with Crippen molar-refractivity contribution in [2.45, 2.75) is 39.2 Å². The normalized spacial score (nSPS) is 17.0. The lowest BCUT2D eigenvalue weighted by atomic mass is 10.1. The van der Waals surface area contributed by atoms with Gasteiger partial charge >= 0.3 is 5.97 Å². The molecule has 1 fully saturated rings. The zero-order valence-corrected chi connectivity index (χ0v) is 15.1. The number of amides is 1. The Morgan fingerprint density at radius 1 is 1.32 bits per heavy atom. The van der Waals surface area contributed by atoms with Gasteiger partial charge in [0.25, 0.3) is 0 Å². The predicted molar refractivity (Wildman–Crippen MR) is 97.0 cm³/mol.